The number of carbonyl (C=O) groups excluding carboxylic acids is 3. The van der Waals surface area contributed by atoms with Gasteiger partial charge in [0.15, 0.2) is 0 Å². The molecule has 28 heavy (non-hydrogen) atoms. The minimum absolute atomic E-state index is 0.0441. The minimum atomic E-state index is -0.480. The molecule has 0 aliphatic carbocycles. The van der Waals surface area contributed by atoms with Gasteiger partial charge in [-0.15, -0.1) is 0 Å². The van der Waals surface area contributed by atoms with Crippen LogP contribution in [0.4, 0.5) is 4.79 Å². The molecule has 168 valence electrons. The van der Waals surface area contributed by atoms with Gasteiger partial charge in [0.2, 0.25) is 5.91 Å². The Morgan fingerprint density at radius 3 is 1.71 bits per heavy atom. The van der Waals surface area contributed by atoms with Gasteiger partial charge >= 0.3 is 12.1 Å². The molecule has 0 unspecified atom stereocenters. The van der Waals surface area contributed by atoms with E-state index >= 15 is 0 Å². The molecule has 8 nitrogen and oxygen atoms in total. The fourth-order valence-corrected chi connectivity index (χ4v) is 1.63. The van der Waals surface area contributed by atoms with E-state index in [0.717, 1.165) is 0 Å². The Bertz CT molecular complexity index is 440. The maximum atomic E-state index is 11.6. The summed E-state index contributed by atoms with van der Waals surface area (Å²) in [4.78, 5) is 34.5. The Hall–Kier alpha value is -1.83. The van der Waals surface area contributed by atoms with Crippen molar-refractivity contribution in [1.29, 1.82) is 0 Å². The fourth-order valence-electron chi connectivity index (χ4n) is 1.63. The number of nitrogens with one attached hydrogen (secondary N) is 2. The van der Waals surface area contributed by atoms with Gasteiger partial charge in [0, 0.05) is 27.1 Å². The zero-order chi connectivity index (χ0) is 23.0. The lowest BCUT2D eigenvalue weighted by Gasteiger charge is -2.24. The number of ether oxygens (including phenoxy) is 2. The molecule has 0 atom stereocenters. The van der Waals surface area contributed by atoms with E-state index in [2.05, 4.69) is 10.6 Å². The van der Waals surface area contributed by atoms with E-state index in [9.17, 15) is 14.4 Å². The normalized spacial score (nSPS) is 10.4. The average Bonchev–Trinajstić information content (AvgIpc) is 2.50. The van der Waals surface area contributed by atoms with Crippen molar-refractivity contribution in [3.63, 3.8) is 0 Å². The van der Waals surface area contributed by atoms with Crippen molar-refractivity contribution in [1.82, 2.24) is 15.5 Å². The van der Waals surface area contributed by atoms with Crippen LogP contribution >= 0.6 is 0 Å². The molecule has 0 aromatic carbocycles. The average molecular weight is 406 g/mol. The molecule has 0 aliphatic rings. The number of rotatable bonds is 6. The Balaban J connectivity index is -0.000000522. The van der Waals surface area contributed by atoms with Gasteiger partial charge in [0.25, 0.3) is 0 Å². The van der Waals surface area contributed by atoms with Crippen LogP contribution in [0.25, 0.3) is 0 Å². The van der Waals surface area contributed by atoms with Crippen molar-refractivity contribution in [2.75, 3.05) is 33.7 Å². The SMILES string of the molecule is CC.CC(=O)OC(C)(C)C.CNCC(=O)NCCCN(C)C(=O)OC(C)(C)C. The van der Waals surface area contributed by atoms with Gasteiger partial charge in [-0.2, -0.15) is 0 Å². The van der Waals surface area contributed by atoms with E-state index < -0.39 is 5.60 Å². The van der Waals surface area contributed by atoms with Crippen molar-refractivity contribution in [2.45, 2.75) is 79.9 Å². The summed E-state index contributed by atoms with van der Waals surface area (Å²) >= 11 is 0. The summed E-state index contributed by atoms with van der Waals surface area (Å²) in [5, 5.41) is 5.51. The van der Waals surface area contributed by atoms with Gasteiger partial charge in [0.05, 0.1) is 6.54 Å². The quantitative estimate of drug-likeness (QED) is 0.521. The van der Waals surface area contributed by atoms with Crippen molar-refractivity contribution in [2.24, 2.45) is 0 Å². The first-order valence-electron chi connectivity index (χ1n) is 9.73. The van der Waals surface area contributed by atoms with Gasteiger partial charge in [-0.1, -0.05) is 13.8 Å². The summed E-state index contributed by atoms with van der Waals surface area (Å²) in [5.74, 6) is -0.269. The highest BCUT2D eigenvalue weighted by molar-refractivity contribution is 5.77. The molecule has 0 aromatic rings. The van der Waals surface area contributed by atoms with Crippen LogP contribution in [-0.4, -0.2) is 67.8 Å². The van der Waals surface area contributed by atoms with Crippen LogP contribution in [0.5, 0.6) is 0 Å². The van der Waals surface area contributed by atoms with Gasteiger partial charge in [-0.25, -0.2) is 4.79 Å². The molecule has 0 rings (SSSR count). The molecule has 0 saturated heterocycles. The Kier molecular flexibility index (Phi) is 17.8. The Morgan fingerprint density at radius 1 is 0.929 bits per heavy atom. The van der Waals surface area contributed by atoms with Crippen molar-refractivity contribution >= 4 is 18.0 Å². The molecule has 0 heterocycles. The first-order chi connectivity index (χ1) is 12.7. The van der Waals surface area contributed by atoms with E-state index in [-0.39, 0.29) is 23.6 Å². The summed E-state index contributed by atoms with van der Waals surface area (Å²) in [7, 11) is 3.40. The molecular formula is C20H43N3O5. The number of hydrogen-bond donors (Lipinski definition) is 2. The maximum absolute atomic E-state index is 11.6. The molecule has 0 fully saturated rings. The summed E-state index contributed by atoms with van der Waals surface area (Å²) in [6, 6.07) is 0. The molecule has 0 radical (unpaired) electrons. The summed E-state index contributed by atoms with van der Waals surface area (Å²) in [5.41, 5.74) is -0.807. The maximum Gasteiger partial charge on any atom is 0.410 e. The molecule has 0 saturated carbocycles. The van der Waals surface area contributed by atoms with Crippen molar-refractivity contribution < 1.29 is 23.9 Å². The zero-order valence-corrected chi connectivity index (χ0v) is 19.8. The topological polar surface area (TPSA) is 97.0 Å². The van der Waals surface area contributed by atoms with E-state index in [4.69, 9.17) is 9.47 Å². The molecule has 8 heteroatoms. The second-order valence-electron chi connectivity index (χ2n) is 7.84. The first-order valence-corrected chi connectivity index (χ1v) is 9.73. The minimum Gasteiger partial charge on any atom is -0.460 e. The van der Waals surface area contributed by atoms with Crippen molar-refractivity contribution in [3.8, 4) is 0 Å². The van der Waals surface area contributed by atoms with E-state index in [0.29, 0.717) is 26.1 Å². The van der Waals surface area contributed by atoms with Gasteiger partial charge < -0.3 is 25.0 Å². The summed E-state index contributed by atoms with van der Waals surface area (Å²) in [6.45, 7) is 17.8. The largest absolute Gasteiger partial charge is 0.460 e. The number of nitrogens with zero attached hydrogens (tertiary/aromatic N) is 1. The summed E-state index contributed by atoms with van der Waals surface area (Å²) < 4.78 is 10.0. The second-order valence-corrected chi connectivity index (χ2v) is 7.84. The standard InChI is InChI=1S/C12H25N3O3.C6H12O2.C2H6/c1-12(2,3)18-11(17)15(5)8-6-7-14-10(16)9-13-4;1-5(7)8-6(2,3)4;1-2/h13H,6-9H2,1-5H3,(H,14,16);1-4H3;1-2H3. The highest BCUT2D eigenvalue weighted by atomic mass is 16.6. The van der Waals surface area contributed by atoms with Crippen molar-refractivity contribution in [3.05, 3.63) is 0 Å². The summed E-state index contributed by atoms with van der Waals surface area (Å²) in [6.07, 6.45) is 0.356. The lowest BCUT2D eigenvalue weighted by molar-refractivity contribution is -0.151. The monoisotopic (exact) mass is 405 g/mol. The highest BCUT2D eigenvalue weighted by Crippen LogP contribution is 2.09. The van der Waals surface area contributed by atoms with Crippen LogP contribution in [0.2, 0.25) is 0 Å². The van der Waals surface area contributed by atoms with Crippen LogP contribution in [0.3, 0.4) is 0 Å². The van der Waals surface area contributed by atoms with Gasteiger partial charge in [-0.05, 0) is 55.0 Å². The lowest BCUT2D eigenvalue weighted by atomic mass is 10.2. The van der Waals surface area contributed by atoms with Gasteiger partial charge in [0.1, 0.15) is 11.2 Å². The number of hydrogen-bond acceptors (Lipinski definition) is 6. The highest BCUT2D eigenvalue weighted by Gasteiger charge is 2.19. The van der Waals surface area contributed by atoms with Crippen LogP contribution in [0, 0.1) is 0 Å². The molecular weight excluding hydrogens is 362 g/mol. The Morgan fingerprint density at radius 2 is 1.39 bits per heavy atom. The second kappa shape index (κ2) is 16.2. The molecule has 0 spiro atoms. The predicted octanol–water partition coefficient (Wildman–Crippen LogP) is 2.95. The van der Waals surface area contributed by atoms with Crippen LogP contribution in [0.15, 0.2) is 0 Å². The lowest BCUT2D eigenvalue weighted by Crippen LogP contribution is -2.37. The van der Waals surface area contributed by atoms with E-state index in [1.165, 1.54) is 11.8 Å². The molecule has 2 amide bonds. The number of carbonyl (C=O) groups is 3. The number of likely N-dealkylation sites (N-methyl/N-ethyl adjacent to an activating group) is 1. The van der Waals surface area contributed by atoms with E-state index in [1.54, 1.807) is 14.1 Å². The third-order valence-corrected chi connectivity index (χ3v) is 2.48. The van der Waals surface area contributed by atoms with Crippen LogP contribution in [-0.2, 0) is 19.1 Å². The Labute approximate surface area is 171 Å². The molecule has 0 aromatic heterocycles. The first kappa shape index (κ1) is 30.9. The molecule has 0 aliphatic heterocycles. The molecule has 2 N–H and O–H groups in total. The zero-order valence-electron chi connectivity index (χ0n) is 19.8. The van der Waals surface area contributed by atoms with E-state index in [1.807, 2.05) is 55.4 Å². The third-order valence-electron chi connectivity index (χ3n) is 2.48. The third kappa shape index (κ3) is 26.4. The predicted molar refractivity (Wildman–Crippen MR) is 113 cm³/mol. The fraction of sp³-hybridized carbons (Fsp3) is 0.850. The molecule has 0 bridgehead atoms. The number of amides is 2. The number of esters is 1. The van der Waals surface area contributed by atoms with Gasteiger partial charge in [-0.3, -0.25) is 9.59 Å². The van der Waals surface area contributed by atoms with Crippen LogP contribution < -0.4 is 10.6 Å². The smallest absolute Gasteiger partial charge is 0.410 e. The van der Waals surface area contributed by atoms with Crippen LogP contribution in [0.1, 0.15) is 68.7 Å².